The lowest BCUT2D eigenvalue weighted by molar-refractivity contribution is 0.00825. The third-order valence-corrected chi connectivity index (χ3v) is 5.62. The van der Waals surface area contributed by atoms with Crippen molar-refractivity contribution in [3.05, 3.63) is 29.5 Å². The molecule has 4 rings (SSSR count). The van der Waals surface area contributed by atoms with Crippen LogP contribution in [0.2, 0.25) is 0 Å². The molecule has 2 atom stereocenters. The molecule has 122 valence electrons. The summed E-state index contributed by atoms with van der Waals surface area (Å²) in [5, 5.41) is 10.5. The fourth-order valence-electron chi connectivity index (χ4n) is 3.49. The topological polar surface area (TPSA) is 60.4 Å². The second-order valence-corrected chi connectivity index (χ2v) is 7.42. The lowest BCUT2D eigenvalue weighted by Gasteiger charge is -2.43. The highest BCUT2D eigenvalue weighted by Crippen LogP contribution is 2.42. The fraction of sp³-hybridized carbons (Fsp3) is 0.562. The number of aromatic nitrogens is 3. The summed E-state index contributed by atoms with van der Waals surface area (Å²) in [6.45, 7) is 5.33. The molecule has 0 saturated carbocycles. The number of hydrogen-bond acceptors (Lipinski definition) is 7. The number of piperidine rings is 1. The number of nitrogens with zero attached hydrogens (tertiary/aromatic N) is 4. The number of anilines is 1. The summed E-state index contributed by atoms with van der Waals surface area (Å²) in [4.78, 5) is 6.45. The van der Waals surface area contributed by atoms with Crippen LogP contribution in [0.25, 0.3) is 0 Å². The molecular formula is C16H20N4O2S. The molecule has 0 aliphatic carbocycles. The molecule has 0 bridgehead atoms. The van der Waals surface area contributed by atoms with Gasteiger partial charge in [0.15, 0.2) is 0 Å². The summed E-state index contributed by atoms with van der Waals surface area (Å²) < 4.78 is 12.0. The average molecular weight is 332 g/mol. The maximum absolute atomic E-state index is 6.04. The predicted molar refractivity (Wildman–Crippen MR) is 88.0 cm³/mol. The highest BCUT2D eigenvalue weighted by Gasteiger charge is 2.49. The molecule has 0 amide bonds. The highest BCUT2D eigenvalue weighted by molar-refractivity contribution is 7.15. The molecule has 6 nitrogen and oxygen atoms in total. The number of ether oxygens (including phenoxy) is 2. The molecule has 23 heavy (non-hydrogen) atoms. The highest BCUT2D eigenvalue weighted by atomic mass is 32.1. The normalized spacial score (nSPS) is 27.0. The molecule has 0 N–H and O–H groups in total. The van der Waals surface area contributed by atoms with E-state index < -0.39 is 0 Å². The van der Waals surface area contributed by atoms with Crippen LogP contribution in [0.5, 0.6) is 5.75 Å². The average Bonchev–Trinajstić information content (AvgIpc) is 3.20. The summed E-state index contributed by atoms with van der Waals surface area (Å²) in [5.41, 5.74) is 0.0215. The monoisotopic (exact) mass is 332 g/mol. The van der Waals surface area contributed by atoms with Crippen LogP contribution in [-0.2, 0) is 4.74 Å². The standard InChI is InChI=1S/C16H20N4O2S/c1-12-18-19-15(23-12)20-7-4-14-16(10-20,5-8-21-14)11-22-13-3-2-6-17-9-13/h2-3,6,9,14H,4-5,7-8,10-11H2,1H3/t14-,16+/m1/s1. The van der Waals surface area contributed by atoms with Crippen molar-refractivity contribution in [1.82, 2.24) is 15.2 Å². The molecule has 2 aliphatic rings. The van der Waals surface area contributed by atoms with Crippen molar-refractivity contribution in [2.75, 3.05) is 31.2 Å². The van der Waals surface area contributed by atoms with Crippen LogP contribution in [-0.4, -0.2) is 47.6 Å². The first-order valence-corrected chi connectivity index (χ1v) is 8.76. The number of aryl methyl sites for hydroxylation is 1. The quantitative estimate of drug-likeness (QED) is 0.856. The van der Waals surface area contributed by atoms with Crippen molar-refractivity contribution in [2.45, 2.75) is 25.9 Å². The third kappa shape index (κ3) is 2.90. The van der Waals surface area contributed by atoms with Crippen LogP contribution in [0, 0.1) is 12.3 Å². The van der Waals surface area contributed by atoms with Crippen LogP contribution >= 0.6 is 11.3 Å². The van der Waals surface area contributed by atoms with Crippen molar-refractivity contribution in [2.24, 2.45) is 5.41 Å². The van der Waals surface area contributed by atoms with Crippen LogP contribution in [0.15, 0.2) is 24.5 Å². The number of rotatable bonds is 4. The van der Waals surface area contributed by atoms with E-state index in [4.69, 9.17) is 9.47 Å². The van der Waals surface area contributed by atoms with Crippen LogP contribution < -0.4 is 9.64 Å². The summed E-state index contributed by atoms with van der Waals surface area (Å²) in [7, 11) is 0. The van der Waals surface area contributed by atoms with E-state index in [2.05, 4.69) is 20.1 Å². The van der Waals surface area contributed by atoms with E-state index in [1.54, 1.807) is 23.7 Å². The molecule has 2 aromatic rings. The Morgan fingerprint density at radius 2 is 2.43 bits per heavy atom. The summed E-state index contributed by atoms with van der Waals surface area (Å²) in [6.07, 6.45) is 5.81. The van der Waals surface area contributed by atoms with Crippen LogP contribution in [0.3, 0.4) is 0 Å². The van der Waals surface area contributed by atoms with Gasteiger partial charge in [0.1, 0.15) is 10.8 Å². The molecular weight excluding hydrogens is 312 g/mol. The van der Waals surface area contributed by atoms with E-state index >= 15 is 0 Å². The van der Waals surface area contributed by atoms with E-state index in [0.717, 1.165) is 48.4 Å². The fourth-order valence-corrected chi connectivity index (χ4v) is 4.20. The van der Waals surface area contributed by atoms with Gasteiger partial charge in [-0.05, 0) is 31.9 Å². The first-order chi connectivity index (χ1) is 11.3. The van der Waals surface area contributed by atoms with Gasteiger partial charge in [-0.15, -0.1) is 10.2 Å². The molecule has 0 aromatic carbocycles. The maximum atomic E-state index is 6.04. The zero-order chi connectivity index (χ0) is 15.7. The summed E-state index contributed by atoms with van der Waals surface area (Å²) in [6, 6.07) is 3.84. The van der Waals surface area contributed by atoms with Gasteiger partial charge in [-0.1, -0.05) is 11.3 Å². The molecule has 2 fully saturated rings. The molecule has 2 aromatic heterocycles. The van der Waals surface area contributed by atoms with Gasteiger partial charge in [-0.25, -0.2) is 0 Å². The Morgan fingerprint density at radius 1 is 1.48 bits per heavy atom. The smallest absolute Gasteiger partial charge is 0.208 e. The molecule has 7 heteroatoms. The lowest BCUT2D eigenvalue weighted by atomic mass is 9.77. The molecule has 2 saturated heterocycles. The van der Waals surface area contributed by atoms with Gasteiger partial charge < -0.3 is 14.4 Å². The zero-order valence-corrected chi connectivity index (χ0v) is 14.0. The van der Waals surface area contributed by atoms with E-state index in [9.17, 15) is 0 Å². The van der Waals surface area contributed by atoms with Gasteiger partial charge in [0.05, 0.1) is 24.3 Å². The Morgan fingerprint density at radius 3 is 3.22 bits per heavy atom. The molecule has 4 heterocycles. The van der Waals surface area contributed by atoms with Gasteiger partial charge >= 0.3 is 0 Å². The van der Waals surface area contributed by atoms with Crippen molar-refractivity contribution < 1.29 is 9.47 Å². The number of hydrogen-bond donors (Lipinski definition) is 0. The zero-order valence-electron chi connectivity index (χ0n) is 13.1. The Balaban J connectivity index is 1.51. The Hall–Kier alpha value is -1.73. The predicted octanol–water partition coefficient (Wildman–Crippen LogP) is 2.31. The Labute approximate surface area is 139 Å². The van der Waals surface area contributed by atoms with Gasteiger partial charge in [-0.2, -0.15) is 0 Å². The first kappa shape index (κ1) is 14.8. The van der Waals surface area contributed by atoms with Gasteiger partial charge in [0, 0.05) is 25.9 Å². The van der Waals surface area contributed by atoms with Crippen LogP contribution in [0.1, 0.15) is 17.8 Å². The summed E-state index contributed by atoms with van der Waals surface area (Å²) in [5.74, 6) is 0.816. The molecule has 2 aliphatic heterocycles. The van der Waals surface area contributed by atoms with Crippen molar-refractivity contribution in [1.29, 1.82) is 0 Å². The second kappa shape index (κ2) is 6.05. The van der Waals surface area contributed by atoms with E-state index in [0.29, 0.717) is 6.61 Å². The second-order valence-electron chi connectivity index (χ2n) is 6.26. The van der Waals surface area contributed by atoms with Crippen molar-refractivity contribution in [3.63, 3.8) is 0 Å². The third-order valence-electron chi connectivity index (χ3n) is 4.72. The van der Waals surface area contributed by atoms with Gasteiger partial charge in [0.2, 0.25) is 5.13 Å². The SMILES string of the molecule is Cc1nnc(N2CC[C@H]3OCC[C@@]3(COc3cccnc3)C2)s1. The van der Waals surface area contributed by atoms with Crippen molar-refractivity contribution >= 4 is 16.5 Å². The maximum Gasteiger partial charge on any atom is 0.208 e. The molecule has 0 unspecified atom stereocenters. The minimum absolute atomic E-state index is 0.0215. The number of pyridine rings is 1. The van der Waals surface area contributed by atoms with Gasteiger partial charge in [0.25, 0.3) is 0 Å². The molecule has 0 radical (unpaired) electrons. The Kier molecular flexibility index (Phi) is 3.90. The minimum atomic E-state index is 0.0215. The molecule has 0 spiro atoms. The largest absolute Gasteiger partial charge is 0.491 e. The van der Waals surface area contributed by atoms with E-state index in [-0.39, 0.29) is 11.5 Å². The van der Waals surface area contributed by atoms with E-state index in [1.165, 1.54) is 0 Å². The first-order valence-electron chi connectivity index (χ1n) is 7.95. The summed E-state index contributed by atoms with van der Waals surface area (Å²) >= 11 is 1.65. The minimum Gasteiger partial charge on any atom is -0.491 e. The van der Waals surface area contributed by atoms with Crippen molar-refractivity contribution in [3.8, 4) is 5.75 Å². The van der Waals surface area contributed by atoms with E-state index in [1.807, 2.05) is 19.1 Å². The van der Waals surface area contributed by atoms with Gasteiger partial charge in [-0.3, -0.25) is 4.98 Å². The number of fused-ring (bicyclic) bond motifs is 1. The van der Waals surface area contributed by atoms with Crippen LogP contribution in [0.4, 0.5) is 5.13 Å². The Bertz CT molecular complexity index is 665. The lowest BCUT2D eigenvalue weighted by Crippen LogP contribution is -2.52.